The molecular formula is C12H21NO8. The van der Waals surface area contributed by atoms with E-state index >= 15 is 0 Å². The number of carboxylic acids is 1. The largest absolute Gasteiger partial charge is 0.479 e. The second-order valence-electron chi connectivity index (χ2n) is 4.39. The summed E-state index contributed by atoms with van der Waals surface area (Å²) in [5.74, 6) is -1.52. The van der Waals surface area contributed by atoms with Crippen molar-refractivity contribution in [2.24, 2.45) is 0 Å². The van der Waals surface area contributed by atoms with Gasteiger partial charge in [0.15, 0.2) is 6.10 Å². The highest BCUT2D eigenvalue weighted by Gasteiger charge is 2.33. The first-order valence-electron chi connectivity index (χ1n) is 6.24. The minimum atomic E-state index is -2.20. The quantitative estimate of drug-likeness (QED) is 0.308. The highest BCUT2D eigenvalue weighted by atomic mass is 16.4. The Hall–Kier alpha value is -1.52. The van der Waals surface area contributed by atoms with E-state index in [0.29, 0.717) is 6.42 Å². The lowest BCUT2D eigenvalue weighted by molar-refractivity contribution is -0.164. The van der Waals surface area contributed by atoms with Gasteiger partial charge in [-0.2, -0.15) is 0 Å². The van der Waals surface area contributed by atoms with E-state index in [2.05, 4.69) is 6.58 Å². The first-order valence-corrected chi connectivity index (χ1v) is 6.24. The third kappa shape index (κ3) is 6.19. The number of carboxylic acid groups (broad SMARTS) is 1. The van der Waals surface area contributed by atoms with E-state index in [-0.39, 0.29) is 5.91 Å². The molecule has 1 fully saturated rings. The Kier molecular flexibility index (Phi) is 8.74. The van der Waals surface area contributed by atoms with Gasteiger partial charge in [0.2, 0.25) is 5.91 Å². The number of hydrogen-bond acceptors (Lipinski definition) is 7. The lowest BCUT2D eigenvalue weighted by atomic mass is 10.0. The molecule has 1 rings (SSSR count). The summed E-state index contributed by atoms with van der Waals surface area (Å²) in [6.45, 7) is 3.52. The molecule has 0 radical (unpaired) electrons. The van der Waals surface area contributed by atoms with Crippen LogP contribution in [-0.2, 0) is 9.59 Å². The molecule has 9 heteroatoms. The van der Waals surface area contributed by atoms with Crippen molar-refractivity contribution in [1.82, 2.24) is 4.90 Å². The van der Waals surface area contributed by atoms with Crippen molar-refractivity contribution < 1.29 is 40.2 Å². The van der Waals surface area contributed by atoms with Crippen molar-refractivity contribution in [3.05, 3.63) is 12.8 Å². The molecule has 1 aliphatic heterocycles. The van der Waals surface area contributed by atoms with E-state index in [0.717, 1.165) is 13.0 Å². The summed E-state index contributed by atoms with van der Waals surface area (Å²) >= 11 is 0. The minimum absolute atomic E-state index is 0.208. The van der Waals surface area contributed by atoms with E-state index in [1.807, 2.05) is 0 Å². The van der Waals surface area contributed by atoms with E-state index in [4.69, 9.17) is 30.6 Å². The molecule has 0 saturated carbocycles. The van der Waals surface area contributed by atoms with Crippen molar-refractivity contribution >= 4 is 11.9 Å². The predicted octanol–water partition coefficient (Wildman–Crippen LogP) is -2.74. The molecule has 0 bridgehead atoms. The highest BCUT2D eigenvalue weighted by Crippen LogP contribution is 2.08. The van der Waals surface area contributed by atoms with Crippen LogP contribution in [0.15, 0.2) is 12.8 Å². The SMILES string of the molecule is C=CN1CCCC1=O.O=C(O)C(O)C(O)C(O)C(O)CO. The Balaban J connectivity index is 0.000000423. The molecule has 1 saturated heterocycles. The molecule has 1 amide bonds. The third-order valence-electron chi connectivity index (χ3n) is 2.84. The average molecular weight is 307 g/mol. The standard InChI is InChI=1S/C6H9NO.C6H12O7/c1-2-7-5-3-4-6(7)8;7-1-2(8)3(9)4(10)5(11)6(12)13/h2H,1,3-5H2;2-5,7-11H,1H2,(H,12,13). The van der Waals surface area contributed by atoms with Crippen LogP contribution < -0.4 is 0 Å². The molecule has 0 aliphatic carbocycles. The van der Waals surface area contributed by atoms with Gasteiger partial charge in [0.1, 0.15) is 18.3 Å². The minimum Gasteiger partial charge on any atom is -0.479 e. The van der Waals surface area contributed by atoms with Gasteiger partial charge in [0.25, 0.3) is 0 Å². The highest BCUT2D eigenvalue weighted by molar-refractivity contribution is 5.78. The van der Waals surface area contributed by atoms with E-state index in [9.17, 15) is 9.59 Å². The van der Waals surface area contributed by atoms with Crippen LogP contribution in [-0.4, -0.2) is 85.0 Å². The first-order chi connectivity index (χ1) is 9.76. The maximum Gasteiger partial charge on any atom is 0.335 e. The topological polar surface area (TPSA) is 159 Å². The van der Waals surface area contributed by atoms with Gasteiger partial charge in [0, 0.05) is 13.0 Å². The number of carbonyl (C=O) groups is 2. The van der Waals surface area contributed by atoms with Crippen LogP contribution in [0.1, 0.15) is 12.8 Å². The Morgan fingerprint density at radius 2 is 1.86 bits per heavy atom. The maximum absolute atomic E-state index is 10.7. The summed E-state index contributed by atoms with van der Waals surface area (Å²) in [5.41, 5.74) is 0. The van der Waals surface area contributed by atoms with Crippen LogP contribution in [0.25, 0.3) is 0 Å². The molecule has 6 N–H and O–H groups in total. The fourth-order valence-electron chi connectivity index (χ4n) is 1.53. The predicted molar refractivity (Wildman–Crippen MR) is 69.9 cm³/mol. The zero-order valence-electron chi connectivity index (χ0n) is 11.4. The summed E-state index contributed by atoms with van der Waals surface area (Å²) in [4.78, 5) is 22.4. The van der Waals surface area contributed by atoms with Crippen LogP contribution in [0.5, 0.6) is 0 Å². The van der Waals surface area contributed by atoms with Crippen LogP contribution in [0, 0.1) is 0 Å². The fraction of sp³-hybridized carbons (Fsp3) is 0.667. The molecule has 0 aromatic carbocycles. The van der Waals surface area contributed by atoms with Gasteiger partial charge in [-0.3, -0.25) is 4.79 Å². The van der Waals surface area contributed by atoms with Gasteiger partial charge in [-0.05, 0) is 12.6 Å². The van der Waals surface area contributed by atoms with Crippen LogP contribution in [0.4, 0.5) is 0 Å². The number of nitrogens with zero attached hydrogens (tertiary/aromatic N) is 1. The Bertz CT molecular complexity index is 361. The van der Waals surface area contributed by atoms with E-state index in [1.54, 1.807) is 11.1 Å². The summed E-state index contributed by atoms with van der Waals surface area (Å²) in [7, 11) is 0. The molecule has 21 heavy (non-hydrogen) atoms. The number of likely N-dealkylation sites (tertiary alicyclic amines) is 1. The number of amides is 1. The molecule has 4 atom stereocenters. The van der Waals surface area contributed by atoms with E-state index < -0.39 is 37.0 Å². The van der Waals surface area contributed by atoms with Crippen LogP contribution in [0.3, 0.4) is 0 Å². The summed E-state index contributed by atoms with van der Waals surface area (Å²) in [6, 6.07) is 0. The molecule has 122 valence electrons. The second-order valence-corrected chi connectivity index (χ2v) is 4.39. The smallest absolute Gasteiger partial charge is 0.335 e. The van der Waals surface area contributed by atoms with Crippen molar-refractivity contribution in [3.8, 4) is 0 Å². The molecule has 1 aliphatic rings. The number of aliphatic hydroxyl groups is 5. The maximum atomic E-state index is 10.7. The molecular weight excluding hydrogens is 286 g/mol. The Morgan fingerprint density at radius 1 is 1.29 bits per heavy atom. The molecule has 4 unspecified atom stereocenters. The van der Waals surface area contributed by atoms with Gasteiger partial charge >= 0.3 is 5.97 Å². The van der Waals surface area contributed by atoms with Crippen molar-refractivity contribution in [3.63, 3.8) is 0 Å². The number of aliphatic carboxylic acids is 1. The molecule has 1 heterocycles. The van der Waals surface area contributed by atoms with Gasteiger partial charge in [0.05, 0.1) is 6.61 Å². The summed E-state index contributed by atoms with van der Waals surface area (Å²) in [5, 5.41) is 51.8. The molecule has 9 nitrogen and oxygen atoms in total. The van der Waals surface area contributed by atoms with Crippen molar-refractivity contribution in [1.29, 1.82) is 0 Å². The zero-order valence-corrected chi connectivity index (χ0v) is 11.4. The molecule has 0 aromatic heterocycles. The molecule has 0 aromatic rings. The van der Waals surface area contributed by atoms with E-state index in [1.165, 1.54) is 0 Å². The number of rotatable bonds is 6. The van der Waals surface area contributed by atoms with Gasteiger partial charge in [-0.1, -0.05) is 6.58 Å². The van der Waals surface area contributed by atoms with Gasteiger partial charge in [-0.25, -0.2) is 4.79 Å². The molecule has 0 spiro atoms. The lowest BCUT2D eigenvalue weighted by Crippen LogP contribution is -2.48. The third-order valence-corrected chi connectivity index (χ3v) is 2.84. The number of hydrogen-bond donors (Lipinski definition) is 6. The van der Waals surface area contributed by atoms with Crippen molar-refractivity contribution in [2.45, 2.75) is 37.3 Å². The Labute approximate surface area is 121 Å². The average Bonchev–Trinajstić information content (AvgIpc) is 2.89. The monoisotopic (exact) mass is 307 g/mol. The number of aliphatic hydroxyl groups excluding tert-OH is 5. The summed E-state index contributed by atoms with van der Waals surface area (Å²) in [6.07, 6.45) is -4.55. The Morgan fingerprint density at radius 3 is 2.14 bits per heavy atom. The summed E-state index contributed by atoms with van der Waals surface area (Å²) < 4.78 is 0. The van der Waals surface area contributed by atoms with Crippen LogP contribution >= 0.6 is 0 Å². The lowest BCUT2D eigenvalue weighted by Gasteiger charge is -2.23. The number of carbonyl (C=O) groups excluding carboxylic acids is 1. The normalized spacial score (nSPS) is 20.0. The van der Waals surface area contributed by atoms with Gasteiger partial charge in [-0.15, -0.1) is 0 Å². The first kappa shape index (κ1) is 19.5. The van der Waals surface area contributed by atoms with Crippen molar-refractivity contribution in [2.75, 3.05) is 13.2 Å². The second kappa shape index (κ2) is 9.42. The van der Waals surface area contributed by atoms with Crippen LogP contribution in [0.2, 0.25) is 0 Å². The zero-order chi connectivity index (χ0) is 16.6. The fourth-order valence-corrected chi connectivity index (χ4v) is 1.53. The van der Waals surface area contributed by atoms with Gasteiger partial charge < -0.3 is 35.5 Å².